The molecule has 1 aromatic carbocycles. The SMILES string of the molecule is CCNC(=NCc1ccccc1)NCCCC(=O)NC1CC1.I. The molecule has 1 aromatic rings. The molecule has 0 aromatic heterocycles. The zero-order valence-corrected chi connectivity index (χ0v) is 16.0. The standard InChI is InChI=1S/C17H26N4O.HI/c1-2-18-17(20-13-14-7-4-3-5-8-14)19-12-6-9-16(22)21-15-10-11-15;/h3-5,7-8,15H,2,6,9-13H2,1H3,(H,21,22)(H2,18,19,20);1H. The van der Waals surface area contributed by atoms with Crippen molar-refractivity contribution < 1.29 is 4.79 Å². The van der Waals surface area contributed by atoms with Gasteiger partial charge in [-0.3, -0.25) is 4.79 Å². The first-order valence-corrected chi connectivity index (χ1v) is 8.13. The van der Waals surface area contributed by atoms with E-state index in [1.165, 1.54) is 5.56 Å². The van der Waals surface area contributed by atoms with E-state index in [1.54, 1.807) is 0 Å². The average Bonchev–Trinajstić information content (AvgIpc) is 3.34. The molecule has 0 radical (unpaired) electrons. The number of carbonyl (C=O) groups is 1. The number of aliphatic imine (C=N–C) groups is 1. The molecule has 0 saturated heterocycles. The lowest BCUT2D eigenvalue weighted by atomic mass is 10.2. The van der Waals surface area contributed by atoms with Crippen LogP contribution < -0.4 is 16.0 Å². The van der Waals surface area contributed by atoms with Gasteiger partial charge in [-0.1, -0.05) is 30.3 Å². The fourth-order valence-electron chi connectivity index (χ4n) is 2.08. The van der Waals surface area contributed by atoms with E-state index < -0.39 is 0 Å². The Bertz CT molecular complexity index is 489. The second kappa shape index (κ2) is 11.3. The van der Waals surface area contributed by atoms with Gasteiger partial charge in [-0.25, -0.2) is 4.99 Å². The number of rotatable bonds is 8. The lowest BCUT2D eigenvalue weighted by Gasteiger charge is -2.11. The van der Waals surface area contributed by atoms with Gasteiger partial charge in [0.25, 0.3) is 0 Å². The van der Waals surface area contributed by atoms with E-state index in [0.29, 0.717) is 19.0 Å². The summed E-state index contributed by atoms with van der Waals surface area (Å²) in [5.41, 5.74) is 1.18. The van der Waals surface area contributed by atoms with E-state index in [-0.39, 0.29) is 29.9 Å². The van der Waals surface area contributed by atoms with Crippen molar-refractivity contribution in [1.29, 1.82) is 0 Å². The molecule has 0 heterocycles. The monoisotopic (exact) mass is 430 g/mol. The highest BCUT2D eigenvalue weighted by molar-refractivity contribution is 14.0. The second-order valence-electron chi connectivity index (χ2n) is 5.55. The maximum atomic E-state index is 11.6. The number of nitrogens with one attached hydrogen (secondary N) is 3. The summed E-state index contributed by atoms with van der Waals surface area (Å²) < 4.78 is 0. The predicted molar refractivity (Wildman–Crippen MR) is 105 cm³/mol. The van der Waals surface area contributed by atoms with Gasteiger partial charge in [-0.2, -0.15) is 0 Å². The van der Waals surface area contributed by atoms with E-state index in [2.05, 4.69) is 33.1 Å². The molecule has 128 valence electrons. The number of benzene rings is 1. The van der Waals surface area contributed by atoms with Crippen molar-refractivity contribution in [2.45, 2.75) is 45.2 Å². The molecule has 1 amide bonds. The van der Waals surface area contributed by atoms with Crippen molar-refractivity contribution in [2.24, 2.45) is 4.99 Å². The Morgan fingerprint density at radius 1 is 1.22 bits per heavy atom. The van der Waals surface area contributed by atoms with Gasteiger partial charge in [0, 0.05) is 25.6 Å². The molecule has 0 aliphatic heterocycles. The Kier molecular flexibility index (Phi) is 9.66. The molecule has 23 heavy (non-hydrogen) atoms. The Balaban J connectivity index is 0.00000264. The summed E-state index contributed by atoms with van der Waals surface area (Å²) in [6, 6.07) is 10.6. The van der Waals surface area contributed by atoms with Gasteiger partial charge in [0.05, 0.1) is 6.54 Å². The molecule has 0 atom stereocenters. The number of halogens is 1. The summed E-state index contributed by atoms with van der Waals surface area (Å²) >= 11 is 0. The van der Waals surface area contributed by atoms with Gasteiger partial charge < -0.3 is 16.0 Å². The first-order valence-electron chi connectivity index (χ1n) is 8.13. The lowest BCUT2D eigenvalue weighted by molar-refractivity contribution is -0.121. The number of carbonyl (C=O) groups excluding carboxylic acids is 1. The number of amides is 1. The van der Waals surface area contributed by atoms with Gasteiger partial charge in [0.1, 0.15) is 0 Å². The molecule has 1 fully saturated rings. The maximum absolute atomic E-state index is 11.6. The smallest absolute Gasteiger partial charge is 0.220 e. The van der Waals surface area contributed by atoms with Gasteiger partial charge in [-0.15, -0.1) is 24.0 Å². The fourth-order valence-corrected chi connectivity index (χ4v) is 2.08. The third-order valence-corrected chi connectivity index (χ3v) is 3.42. The normalized spacial score (nSPS) is 13.9. The number of hydrogen-bond acceptors (Lipinski definition) is 2. The van der Waals surface area contributed by atoms with E-state index in [9.17, 15) is 4.79 Å². The molecular weight excluding hydrogens is 403 g/mol. The van der Waals surface area contributed by atoms with Crippen LogP contribution in [-0.4, -0.2) is 31.0 Å². The Labute approximate surface area is 155 Å². The Morgan fingerprint density at radius 2 is 1.96 bits per heavy atom. The number of nitrogens with zero attached hydrogens (tertiary/aromatic N) is 1. The second-order valence-corrected chi connectivity index (χ2v) is 5.55. The Morgan fingerprint density at radius 3 is 2.61 bits per heavy atom. The van der Waals surface area contributed by atoms with Crippen molar-refractivity contribution in [3.05, 3.63) is 35.9 Å². The fraction of sp³-hybridized carbons (Fsp3) is 0.529. The van der Waals surface area contributed by atoms with Gasteiger partial charge in [0.15, 0.2) is 5.96 Å². The maximum Gasteiger partial charge on any atom is 0.220 e. The molecule has 1 aliphatic rings. The van der Waals surface area contributed by atoms with E-state index in [1.807, 2.05) is 25.1 Å². The Hall–Kier alpha value is -1.31. The summed E-state index contributed by atoms with van der Waals surface area (Å²) in [6.45, 7) is 4.27. The van der Waals surface area contributed by atoms with Crippen LogP contribution in [0.25, 0.3) is 0 Å². The minimum absolute atomic E-state index is 0. The van der Waals surface area contributed by atoms with Crippen LogP contribution in [0.4, 0.5) is 0 Å². The van der Waals surface area contributed by atoms with Gasteiger partial charge >= 0.3 is 0 Å². The van der Waals surface area contributed by atoms with Gasteiger partial charge in [-0.05, 0) is 31.7 Å². The third kappa shape index (κ3) is 8.78. The largest absolute Gasteiger partial charge is 0.357 e. The molecule has 1 saturated carbocycles. The number of guanidine groups is 1. The van der Waals surface area contributed by atoms with E-state index >= 15 is 0 Å². The summed E-state index contributed by atoms with van der Waals surface area (Å²) in [4.78, 5) is 16.1. The first-order chi connectivity index (χ1) is 10.8. The molecule has 0 bridgehead atoms. The zero-order chi connectivity index (χ0) is 15.6. The zero-order valence-electron chi connectivity index (χ0n) is 13.7. The predicted octanol–water partition coefficient (Wildman–Crippen LogP) is 2.42. The van der Waals surface area contributed by atoms with Crippen LogP contribution in [0.1, 0.15) is 38.2 Å². The highest BCUT2D eigenvalue weighted by Gasteiger charge is 2.22. The van der Waals surface area contributed by atoms with Crippen molar-refractivity contribution in [3.63, 3.8) is 0 Å². The molecule has 0 spiro atoms. The molecule has 1 aliphatic carbocycles. The van der Waals surface area contributed by atoms with Crippen LogP contribution in [0.5, 0.6) is 0 Å². The van der Waals surface area contributed by atoms with E-state index in [0.717, 1.165) is 38.3 Å². The third-order valence-electron chi connectivity index (χ3n) is 3.42. The quantitative estimate of drug-likeness (QED) is 0.257. The minimum Gasteiger partial charge on any atom is -0.357 e. The van der Waals surface area contributed by atoms with Crippen LogP contribution in [0, 0.1) is 0 Å². The van der Waals surface area contributed by atoms with Crippen LogP contribution >= 0.6 is 24.0 Å². The molecule has 3 N–H and O–H groups in total. The molecular formula is C17H27IN4O. The molecule has 2 rings (SSSR count). The highest BCUT2D eigenvalue weighted by atomic mass is 127. The van der Waals surface area contributed by atoms with E-state index in [4.69, 9.17) is 0 Å². The van der Waals surface area contributed by atoms with Crippen molar-refractivity contribution >= 4 is 35.8 Å². The number of hydrogen-bond donors (Lipinski definition) is 3. The van der Waals surface area contributed by atoms with Crippen LogP contribution in [-0.2, 0) is 11.3 Å². The summed E-state index contributed by atoms with van der Waals surface area (Å²) in [7, 11) is 0. The van der Waals surface area contributed by atoms with Crippen LogP contribution in [0.3, 0.4) is 0 Å². The minimum atomic E-state index is 0. The summed E-state index contributed by atoms with van der Waals surface area (Å²) in [6.07, 6.45) is 3.66. The van der Waals surface area contributed by atoms with Gasteiger partial charge in [0.2, 0.25) is 5.91 Å². The van der Waals surface area contributed by atoms with Crippen molar-refractivity contribution in [1.82, 2.24) is 16.0 Å². The molecule has 6 heteroatoms. The van der Waals surface area contributed by atoms with Crippen molar-refractivity contribution in [3.8, 4) is 0 Å². The van der Waals surface area contributed by atoms with Crippen LogP contribution in [0.2, 0.25) is 0 Å². The topological polar surface area (TPSA) is 65.5 Å². The first kappa shape index (κ1) is 19.7. The van der Waals surface area contributed by atoms with Crippen LogP contribution in [0.15, 0.2) is 35.3 Å². The molecule has 5 nitrogen and oxygen atoms in total. The summed E-state index contributed by atoms with van der Waals surface area (Å²) in [5, 5.41) is 9.50. The average molecular weight is 430 g/mol. The lowest BCUT2D eigenvalue weighted by Crippen LogP contribution is -2.38. The van der Waals surface area contributed by atoms with Crippen molar-refractivity contribution in [2.75, 3.05) is 13.1 Å². The summed E-state index contributed by atoms with van der Waals surface area (Å²) in [5.74, 6) is 0.962. The molecule has 0 unspecified atom stereocenters. The highest BCUT2D eigenvalue weighted by Crippen LogP contribution is 2.18.